The summed E-state index contributed by atoms with van der Waals surface area (Å²) in [5.41, 5.74) is 2.31. The first kappa shape index (κ1) is 18.6. The monoisotopic (exact) mass is 372 g/mol. The van der Waals surface area contributed by atoms with Gasteiger partial charge in [-0.05, 0) is 56.0 Å². The average Bonchev–Trinajstić information content (AvgIpc) is 2.65. The third kappa shape index (κ3) is 3.97. The molecule has 0 radical (unpaired) electrons. The number of amides is 1. The van der Waals surface area contributed by atoms with Crippen molar-refractivity contribution in [3.8, 4) is 0 Å². The summed E-state index contributed by atoms with van der Waals surface area (Å²) < 4.78 is 27.4. The molecule has 1 heterocycles. The predicted octanol–water partition coefficient (Wildman–Crippen LogP) is 2.89. The Morgan fingerprint density at radius 2 is 1.69 bits per heavy atom. The van der Waals surface area contributed by atoms with Crippen LogP contribution in [0.1, 0.15) is 34.3 Å². The molecule has 1 amide bonds. The van der Waals surface area contributed by atoms with E-state index in [1.807, 2.05) is 44.2 Å². The number of hydrogen-bond donors (Lipinski definition) is 1. The minimum absolute atomic E-state index is 0.00670. The largest absolute Gasteiger partial charge is 0.349 e. The van der Waals surface area contributed by atoms with Crippen LogP contribution in [0, 0.1) is 13.8 Å². The van der Waals surface area contributed by atoms with Gasteiger partial charge in [-0.15, -0.1) is 0 Å². The number of hydrogen-bond acceptors (Lipinski definition) is 3. The molecule has 1 saturated heterocycles. The fourth-order valence-electron chi connectivity index (χ4n) is 3.22. The molecule has 0 aliphatic carbocycles. The number of aryl methyl sites for hydroxylation is 2. The smallest absolute Gasteiger partial charge is 0.251 e. The van der Waals surface area contributed by atoms with Crippen molar-refractivity contribution in [2.45, 2.75) is 37.6 Å². The lowest BCUT2D eigenvalue weighted by Gasteiger charge is -2.32. The molecule has 1 fully saturated rings. The molecule has 1 N–H and O–H groups in total. The van der Waals surface area contributed by atoms with Crippen molar-refractivity contribution in [3.05, 3.63) is 65.2 Å². The molecular weight excluding hydrogens is 348 g/mol. The van der Waals surface area contributed by atoms with Gasteiger partial charge in [0.1, 0.15) is 0 Å². The van der Waals surface area contributed by atoms with E-state index in [4.69, 9.17) is 0 Å². The molecule has 0 saturated carbocycles. The molecule has 0 spiro atoms. The number of nitrogens with zero attached hydrogens (tertiary/aromatic N) is 1. The summed E-state index contributed by atoms with van der Waals surface area (Å²) in [6.07, 6.45) is 1.23. The van der Waals surface area contributed by atoms with Gasteiger partial charge in [0.25, 0.3) is 5.91 Å². The Kier molecular flexibility index (Phi) is 5.44. The van der Waals surface area contributed by atoms with Crippen molar-refractivity contribution in [1.29, 1.82) is 0 Å². The van der Waals surface area contributed by atoms with Crippen LogP contribution in [0.15, 0.2) is 53.4 Å². The maximum Gasteiger partial charge on any atom is 0.251 e. The fraction of sp³-hybridized carbons (Fsp3) is 0.350. The summed E-state index contributed by atoms with van der Waals surface area (Å²) in [4.78, 5) is 12.6. The van der Waals surface area contributed by atoms with Gasteiger partial charge in [0.15, 0.2) is 0 Å². The van der Waals surface area contributed by atoms with Crippen molar-refractivity contribution >= 4 is 15.9 Å². The molecule has 26 heavy (non-hydrogen) atoms. The highest BCUT2D eigenvalue weighted by Crippen LogP contribution is 2.24. The Labute approximate surface area is 155 Å². The number of sulfonamides is 1. The lowest BCUT2D eigenvalue weighted by Crippen LogP contribution is -2.46. The summed E-state index contributed by atoms with van der Waals surface area (Å²) >= 11 is 0. The zero-order chi connectivity index (χ0) is 18.7. The van der Waals surface area contributed by atoms with Gasteiger partial charge in [0.2, 0.25) is 10.0 Å². The number of nitrogens with one attached hydrogen (secondary N) is 1. The van der Waals surface area contributed by atoms with Crippen LogP contribution < -0.4 is 5.32 Å². The number of carbonyl (C=O) groups excluding carboxylic acids is 1. The van der Waals surface area contributed by atoms with E-state index < -0.39 is 10.0 Å². The van der Waals surface area contributed by atoms with Gasteiger partial charge in [0, 0.05) is 24.7 Å². The lowest BCUT2D eigenvalue weighted by atomic mass is 10.1. The van der Waals surface area contributed by atoms with E-state index in [0.29, 0.717) is 36.4 Å². The minimum Gasteiger partial charge on any atom is -0.349 e. The molecule has 2 aromatic carbocycles. The maximum atomic E-state index is 12.9. The first-order chi connectivity index (χ1) is 12.4. The van der Waals surface area contributed by atoms with Gasteiger partial charge >= 0.3 is 0 Å². The van der Waals surface area contributed by atoms with E-state index in [0.717, 1.165) is 11.1 Å². The molecule has 6 heteroatoms. The summed E-state index contributed by atoms with van der Waals surface area (Å²) in [5, 5.41) is 3.01. The molecule has 1 aliphatic heterocycles. The van der Waals surface area contributed by atoms with E-state index in [2.05, 4.69) is 5.32 Å². The number of carbonyl (C=O) groups is 1. The van der Waals surface area contributed by atoms with Gasteiger partial charge in [-0.2, -0.15) is 4.31 Å². The lowest BCUT2D eigenvalue weighted by molar-refractivity contribution is 0.0924. The SMILES string of the molecule is Cc1ccc(C)c(S(=O)(=O)N2CCC(NC(=O)c3ccccc3)CC2)c1. The molecule has 3 rings (SSSR count). The van der Waals surface area contributed by atoms with Gasteiger partial charge in [-0.1, -0.05) is 30.3 Å². The summed E-state index contributed by atoms with van der Waals surface area (Å²) in [6.45, 7) is 4.54. The molecule has 5 nitrogen and oxygen atoms in total. The van der Waals surface area contributed by atoms with Crippen LogP contribution in [0.5, 0.6) is 0 Å². The topological polar surface area (TPSA) is 66.5 Å². The highest BCUT2D eigenvalue weighted by atomic mass is 32.2. The van der Waals surface area contributed by atoms with Gasteiger partial charge < -0.3 is 5.32 Å². The molecule has 138 valence electrons. The third-order valence-corrected chi connectivity index (χ3v) is 6.83. The summed E-state index contributed by atoms with van der Waals surface area (Å²) in [7, 11) is -3.50. The average molecular weight is 372 g/mol. The minimum atomic E-state index is -3.50. The van der Waals surface area contributed by atoms with E-state index in [-0.39, 0.29) is 11.9 Å². The second-order valence-electron chi connectivity index (χ2n) is 6.79. The van der Waals surface area contributed by atoms with Crippen LogP contribution in [-0.2, 0) is 10.0 Å². The van der Waals surface area contributed by atoms with Crippen LogP contribution in [-0.4, -0.2) is 37.8 Å². The Morgan fingerprint density at radius 3 is 2.35 bits per heavy atom. The molecule has 2 aromatic rings. The highest BCUT2D eigenvalue weighted by Gasteiger charge is 2.31. The van der Waals surface area contributed by atoms with E-state index >= 15 is 0 Å². The van der Waals surface area contributed by atoms with E-state index in [1.54, 1.807) is 18.2 Å². The van der Waals surface area contributed by atoms with Crippen LogP contribution >= 0.6 is 0 Å². The Bertz CT molecular complexity index is 887. The predicted molar refractivity (Wildman–Crippen MR) is 102 cm³/mol. The maximum absolute atomic E-state index is 12.9. The van der Waals surface area contributed by atoms with E-state index in [9.17, 15) is 13.2 Å². The molecular formula is C20H24N2O3S. The normalized spacial score (nSPS) is 16.4. The van der Waals surface area contributed by atoms with Crippen molar-refractivity contribution in [2.75, 3.05) is 13.1 Å². The number of rotatable bonds is 4. The molecule has 0 unspecified atom stereocenters. The molecule has 0 atom stereocenters. The van der Waals surface area contributed by atoms with Crippen molar-refractivity contribution in [1.82, 2.24) is 9.62 Å². The van der Waals surface area contributed by atoms with Crippen molar-refractivity contribution in [2.24, 2.45) is 0 Å². The molecule has 0 aromatic heterocycles. The van der Waals surface area contributed by atoms with Crippen LogP contribution in [0.3, 0.4) is 0 Å². The van der Waals surface area contributed by atoms with Gasteiger partial charge in [-0.3, -0.25) is 4.79 Å². The summed E-state index contributed by atoms with van der Waals surface area (Å²) in [5.74, 6) is -0.110. The molecule has 0 bridgehead atoms. The zero-order valence-electron chi connectivity index (χ0n) is 15.1. The third-order valence-electron chi connectivity index (χ3n) is 4.79. The molecule has 1 aliphatic rings. The van der Waals surface area contributed by atoms with E-state index in [1.165, 1.54) is 4.31 Å². The second kappa shape index (κ2) is 7.60. The fourth-order valence-corrected chi connectivity index (χ4v) is 5.00. The number of benzene rings is 2. The Balaban J connectivity index is 1.65. The quantitative estimate of drug-likeness (QED) is 0.897. The van der Waals surface area contributed by atoms with Crippen LogP contribution in [0.4, 0.5) is 0 Å². The zero-order valence-corrected chi connectivity index (χ0v) is 15.9. The standard InChI is InChI=1S/C20H24N2O3S/c1-15-8-9-16(2)19(14-15)26(24,25)22-12-10-18(11-13-22)21-20(23)17-6-4-3-5-7-17/h3-9,14,18H,10-13H2,1-2H3,(H,21,23). The number of piperidine rings is 1. The van der Waals surface area contributed by atoms with Crippen LogP contribution in [0.25, 0.3) is 0 Å². The second-order valence-corrected chi connectivity index (χ2v) is 8.69. The first-order valence-corrected chi connectivity index (χ1v) is 10.3. The highest BCUT2D eigenvalue weighted by molar-refractivity contribution is 7.89. The van der Waals surface area contributed by atoms with Crippen LogP contribution in [0.2, 0.25) is 0 Å². The summed E-state index contributed by atoms with van der Waals surface area (Å²) in [6, 6.07) is 14.6. The Morgan fingerprint density at radius 1 is 1.04 bits per heavy atom. The van der Waals surface area contributed by atoms with Gasteiger partial charge in [-0.25, -0.2) is 8.42 Å². The van der Waals surface area contributed by atoms with Gasteiger partial charge in [0.05, 0.1) is 4.90 Å². The first-order valence-electron chi connectivity index (χ1n) is 8.81. The Hall–Kier alpha value is -2.18. The van der Waals surface area contributed by atoms with Crippen molar-refractivity contribution < 1.29 is 13.2 Å². The van der Waals surface area contributed by atoms with Crippen molar-refractivity contribution in [3.63, 3.8) is 0 Å².